The smallest absolute Gasteiger partial charge is 0.239 e. The second kappa shape index (κ2) is 10.8. The van der Waals surface area contributed by atoms with Crippen molar-refractivity contribution in [1.82, 2.24) is 19.4 Å². The highest BCUT2D eigenvalue weighted by Gasteiger charge is 2.16. The number of morpholine rings is 1. The molecule has 2 N–H and O–H groups in total. The number of rotatable bonds is 7. The molecule has 1 aliphatic rings. The van der Waals surface area contributed by atoms with E-state index in [1.165, 1.54) is 5.56 Å². The van der Waals surface area contributed by atoms with Gasteiger partial charge in [0.1, 0.15) is 17.3 Å². The second-order valence-corrected chi connectivity index (χ2v) is 10.5. The van der Waals surface area contributed by atoms with Crippen molar-refractivity contribution in [3.63, 3.8) is 0 Å². The summed E-state index contributed by atoms with van der Waals surface area (Å²) in [5, 5.41) is 6.31. The fourth-order valence-electron chi connectivity index (χ4n) is 4.37. The highest BCUT2D eigenvalue weighted by Crippen LogP contribution is 2.30. The second-order valence-electron chi connectivity index (χ2n) is 10.5. The van der Waals surface area contributed by atoms with Crippen LogP contribution in [-0.4, -0.2) is 58.2 Å². The third-order valence-electron chi connectivity index (χ3n) is 6.54. The normalized spacial score (nSPS) is 14.4. The quantitative estimate of drug-likeness (QED) is 0.356. The standard InChI is InChI=1S/C29H34N6O3/c1-29(2,3)20-6-5-7-21(16-20)31-28-32-24-17-22(8-9-25(24)34(28)4)38-23-10-11-30-26(18-23)33-27(36)19-35-12-14-37-15-13-35/h5-11,16-18H,12-15,19H2,1-4H3,(H,31,32)(H,30,33,36). The number of pyridine rings is 1. The Labute approximate surface area is 222 Å². The van der Waals surface area contributed by atoms with Gasteiger partial charge in [0.25, 0.3) is 0 Å². The Balaban J connectivity index is 1.28. The number of nitrogens with one attached hydrogen (secondary N) is 2. The average Bonchev–Trinajstić information content (AvgIpc) is 3.18. The van der Waals surface area contributed by atoms with Crippen LogP contribution in [0.25, 0.3) is 11.0 Å². The SMILES string of the molecule is Cn1c(Nc2cccc(C(C)(C)C)c2)nc2cc(Oc3ccnc(NC(=O)CN4CCOCC4)c3)ccc21. The number of carbonyl (C=O) groups excluding carboxylic acids is 1. The molecule has 1 saturated heterocycles. The minimum absolute atomic E-state index is 0.0641. The molecule has 3 heterocycles. The summed E-state index contributed by atoms with van der Waals surface area (Å²) in [5.41, 5.74) is 4.11. The number of anilines is 3. The number of hydrogen-bond donors (Lipinski definition) is 2. The van der Waals surface area contributed by atoms with Gasteiger partial charge in [0, 0.05) is 44.2 Å². The van der Waals surface area contributed by atoms with Gasteiger partial charge < -0.3 is 24.7 Å². The lowest BCUT2D eigenvalue weighted by Crippen LogP contribution is -2.41. The number of aromatic nitrogens is 3. The number of fused-ring (bicyclic) bond motifs is 1. The fourth-order valence-corrected chi connectivity index (χ4v) is 4.37. The summed E-state index contributed by atoms with van der Waals surface area (Å²) in [4.78, 5) is 23.6. The van der Waals surface area contributed by atoms with E-state index < -0.39 is 0 Å². The number of ether oxygens (including phenoxy) is 2. The summed E-state index contributed by atoms with van der Waals surface area (Å²) in [6, 6.07) is 17.7. The van der Waals surface area contributed by atoms with Crippen LogP contribution in [-0.2, 0) is 22.0 Å². The zero-order valence-corrected chi connectivity index (χ0v) is 22.3. The van der Waals surface area contributed by atoms with Crippen molar-refractivity contribution in [2.75, 3.05) is 43.5 Å². The van der Waals surface area contributed by atoms with Crippen LogP contribution in [0.3, 0.4) is 0 Å². The van der Waals surface area contributed by atoms with E-state index in [0.29, 0.717) is 37.1 Å². The molecule has 9 heteroatoms. The Morgan fingerprint density at radius 3 is 2.63 bits per heavy atom. The molecule has 198 valence electrons. The van der Waals surface area contributed by atoms with Crippen LogP contribution < -0.4 is 15.4 Å². The Hall–Kier alpha value is -3.95. The monoisotopic (exact) mass is 514 g/mol. The van der Waals surface area contributed by atoms with Crippen LogP contribution in [0.15, 0.2) is 60.8 Å². The molecule has 0 spiro atoms. The Morgan fingerprint density at radius 2 is 1.84 bits per heavy atom. The third kappa shape index (κ3) is 6.12. The summed E-state index contributed by atoms with van der Waals surface area (Å²) < 4.78 is 13.5. The van der Waals surface area contributed by atoms with Crippen molar-refractivity contribution in [2.45, 2.75) is 26.2 Å². The minimum Gasteiger partial charge on any atom is -0.457 e. The van der Waals surface area contributed by atoms with Crippen LogP contribution in [0.5, 0.6) is 11.5 Å². The summed E-state index contributed by atoms with van der Waals surface area (Å²) >= 11 is 0. The zero-order chi connectivity index (χ0) is 26.7. The van der Waals surface area contributed by atoms with Crippen molar-refractivity contribution in [1.29, 1.82) is 0 Å². The zero-order valence-electron chi connectivity index (χ0n) is 22.3. The van der Waals surface area contributed by atoms with Gasteiger partial charge in [-0.15, -0.1) is 0 Å². The summed E-state index contributed by atoms with van der Waals surface area (Å²) in [6.07, 6.45) is 1.62. The molecule has 9 nitrogen and oxygen atoms in total. The van der Waals surface area contributed by atoms with Crippen LogP contribution in [0.1, 0.15) is 26.3 Å². The van der Waals surface area contributed by atoms with Gasteiger partial charge in [-0.3, -0.25) is 9.69 Å². The highest BCUT2D eigenvalue weighted by atomic mass is 16.5. The van der Waals surface area contributed by atoms with E-state index >= 15 is 0 Å². The van der Waals surface area contributed by atoms with Gasteiger partial charge in [-0.25, -0.2) is 9.97 Å². The number of amides is 1. The molecule has 0 bridgehead atoms. The fraction of sp³-hybridized carbons (Fsp3) is 0.345. The van der Waals surface area contributed by atoms with Crippen LogP contribution in [0, 0.1) is 0 Å². The van der Waals surface area contributed by atoms with Gasteiger partial charge in [-0.05, 0) is 41.3 Å². The van der Waals surface area contributed by atoms with Crippen molar-refractivity contribution in [3.8, 4) is 11.5 Å². The Bertz CT molecular complexity index is 1440. The van der Waals surface area contributed by atoms with Crippen molar-refractivity contribution in [2.24, 2.45) is 7.05 Å². The van der Waals surface area contributed by atoms with Crippen molar-refractivity contribution < 1.29 is 14.3 Å². The maximum absolute atomic E-state index is 12.4. The molecular weight excluding hydrogens is 480 g/mol. The summed E-state index contributed by atoms with van der Waals surface area (Å²) in [7, 11) is 1.99. The summed E-state index contributed by atoms with van der Waals surface area (Å²) in [5.74, 6) is 2.31. The molecule has 4 aromatic rings. The summed E-state index contributed by atoms with van der Waals surface area (Å²) in [6.45, 7) is 9.72. The van der Waals surface area contributed by atoms with Gasteiger partial charge in [-0.1, -0.05) is 32.9 Å². The number of nitrogens with zero attached hydrogens (tertiary/aromatic N) is 4. The van der Waals surface area contributed by atoms with E-state index in [1.807, 2.05) is 35.9 Å². The molecule has 0 atom stereocenters. The topological polar surface area (TPSA) is 93.5 Å². The molecule has 2 aromatic carbocycles. The molecule has 1 fully saturated rings. The molecule has 2 aromatic heterocycles. The lowest BCUT2D eigenvalue weighted by atomic mass is 9.87. The Morgan fingerprint density at radius 1 is 1.05 bits per heavy atom. The number of benzene rings is 2. The first-order chi connectivity index (χ1) is 18.2. The minimum atomic E-state index is -0.112. The van der Waals surface area contributed by atoms with Crippen molar-refractivity contribution >= 4 is 34.4 Å². The molecule has 0 radical (unpaired) electrons. The molecule has 5 rings (SSSR count). The van der Waals surface area contributed by atoms with E-state index in [4.69, 9.17) is 14.5 Å². The van der Waals surface area contributed by atoms with Gasteiger partial charge >= 0.3 is 0 Å². The molecular formula is C29H34N6O3. The lowest BCUT2D eigenvalue weighted by molar-refractivity contribution is -0.118. The Kier molecular flexibility index (Phi) is 7.31. The maximum atomic E-state index is 12.4. The van der Waals surface area contributed by atoms with Crippen LogP contribution >= 0.6 is 0 Å². The maximum Gasteiger partial charge on any atom is 0.239 e. The molecule has 1 aliphatic heterocycles. The van der Waals surface area contributed by atoms with Gasteiger partial charge in [0.2, 0.25) is 11.9 Å². The first kappa shape index (κ1) is 25.7. The number of imidazole rings is 1. The number of hydrogen-bond acceptors (Lipinski definition) is 7. The van der Waals surface area contributed by atoms with E-state index in [2.05, 4.69) is 59.5 Å². The number of carbonyl (C=O) groups is 1. The van der Waals surface area contributed by atoms with E-state index in [0.717, 1.165) is 35.8 Å². The average molecular weight is 515 g/mol. The predicted molar refractivity (Wildman–Crippen MR) is 149 cm³/mol. The lowest BCUT2D eigenvalue weighted by Gasteiger charge is -2.25. The van der Waals surface area contributed by atoms with E-state index in [-0.39, 0.29) is 11.3 Å². The molecule has 0 aliphatic carbocycles. The van der Waals surface area contributed by atoms with Crippen LogP contribution in [0.2, 0.25) is 0 Å². The predicted octanol–water partition coefficient (Wildman–Crippen LogP) is 5.07. The molecule has 0 saturated carbocycles. The van der Waals surface area contributed by atoms with Gasteiger partial charge in [0.05, 0.1) is 30.8 Å². The molecule has 0 unspecified atom stereocenters. The first-order valence-electron chi connectivity index (χ1n) is 12.8. The van der Waals surface area contributed by atoms with Crippen molar-refractivity contribution in [3.05, 3.63) is 66.4 Å². The largest absolute Gasteiger partial charge is 0.457 e. The van der Waals surface area contributed by atoms with E-state index in [9.17, 15) is 4.79 Å². The third-order valence-corrected chi connectivity index (χ3v) is 6.54. The molecule has 38 heavy (non-hydrogen) atoms. The number of aryl methyl sites for hydroxylation is 1. The highest BCUT2D eigenvalue weighted by molar-refractivity contribution is 5.91. The van der Waals surface area contributed by atoms with Gasteiger partial charge in [-0.2, -0.15) is 0 Å². The molecule has 1 amide bonds. The van der Waals surface area contributed by atoms with Crippen LogP contribution in [0.4, 0.5) is 17.5 Å². The van der Waals surface area contributed by atoms with Gasteiger partial charge in [0.15, 0.2) is 0 Å². The van der Waals surface area contributed by atoms with E-state index in [1.54, 1.807) is 18.3 Å². The first-order valence-corrected chi connectivity index (χ1v) is 12.8.